The highest BCUT2D eigenvalue weighted by Crippen LogP contribution is 2.43. The summed E-state index contributed by atoms with van der Waals surface area (Å²) in [5, 5.41) is 3.13. The first kappa shape index (κ1) is 18.2. The van der Waals surface area contributed by atoms with Gasteiger partial charge in [-0.25, -0.2) is 0 Å². The zero-order valence-electron chi connectivity index (χ0n) is 15.8. The maximum absolute atomic E-state index is 13.0. The van der Waals surface area contributed by atoms with Crippen LogP contribution in [0, 0.1) is 0 Å². The van der Waals surface area contributed by atoms with Crippen molar-refractivity contribution < 1.29 is 9.53 Å². The highest BCUT2D eigenvalue weighted by Gasteiger charge is 2.45. The van der Waals surface area contributed by atoms with Gasteiger partial charge in [0, 0.05) is 12.7 Å². The summed E-state index contributed by atoms with van der Waals surface area (Å²) < 4.78 is 5.83. The van der Waals surface area contributed by atoms with Crippen LogP contribution in [0.5, 0.6) is 5.75 Å². The lowest BCUT2D eigenvalue weighted by atomic mass is 9.64. The molecule has 4 rings (SSSR count). The third kappa shape index (κ3) is 3.91. The van der Waals surface area contributed by atoms with Crippen molar-refractivity contribution in [3.63, 3.8) is 0 Å². The van der Waals surface area contributed by atoms with E-state index in [-0.39, 0.29) is 11.3 Å². The molecule has 1 heterocycles. The molecule has 0 bridgehead atoms. The molecule has 2 aromatic carbocycles. The van der Waals surface area contributed by atoms with Crippen LogP contribution in [-0.2, 0) is 23.4 Å². The Labute approximate surface area is 165 Å². The van der Waals surface area contributed by atoms with Gasteiger partial charge in [-0.3, -0.25) is 9.78 Å². The summed E-state index contributed by atoms with van der Waals surface area (Å²) in [4.78, 5) is 17.2. The average Bonchev–Trinajstić information content (AvgIpc) is 2.72. The number of rotatable bonds is 7. The number of carbonyl (C=O) groups is 1. The largest absolute Gasteiger partial charge is 0.487 e. The smallest absolute Gasteiger partial charge is 0.230 e. The fourth-order valence-electron chi connectivity index (χ4n) is 3.67. The summed E-state index contributed by atoms with van der Waals surface area (Å²) in [5.41, 5.74) is 2.66. The molecule has 1 aromatic heterocycles. The Morgan fingerprint density at radius 1 is 1.00 bits per heavy atom. The van der Waals surface area contributed by atoms with E-state index in [1.807, 2.05) is 60.7 Å². The van der Waals surface area contributed by atoms with Crippen molar-refractivity contribution >= 4 is 5.91 Å². The van der Waals surface area contributed by atoms with Crippen LogP contribution in [0.2, 0.25) is 0 Å². The van der Waals surface area contributed by atoms with Gasteiger partial charge < -0.3 is 10.1 Å². The molecule has 0 atom stereocenters. The maximum Gasteiger partial charge on any atom is 0.230 e. The molecule has 0 saturated heterocycles. The van der Waals surface area contributed by atoms with Gasteiger partial charge in [0.2, 0.25) is 5.91 Å². The Morgan fingerprint density at radius 2 is 1.82 bits per heavy atom. The van der Waals surface area contributed by atoms with E-state index < -0.39 is 0 Å². The first-order valence-corrected chi connectivity index (χ1v) is 9.72. The lowest BCUT2D eigenvalue weighted by molar-refractivity contribution is -0.130. The Hall–Kier alpha value is -3.14. The minimum Gasteiger partial charge on any atom is -0.487 e. The first-order valence-electron chi connectivity index (χ1n) is 9.72. The second kappa shape index (κ2) is 8.26. The van der Waals surface area contributed by atoms with E-state index in [1.165, 1.54) is 0 Å². The summed E-state index contributed by atoms with van der Waals surface area (Å²) in [6.45, 7) is 0.919. The number of amides is 1. The van der Waals surface area contributed by atoms with Crippen LogP contribution in [0.4, 0.5) is 0 Å². The number of aromatic nitrogens is 1. The number of ether oxygens (including phenoxy) is 1. The van der Waals surface area contributed by atoms with Gasteiger partial charge in [-0.15, -0.1) is 0 Å². The molecule has 142 valence electrons. The van der Waals surface area contributed by atoms with E-state index >= 15 is 0 Å². The minimum atomic E-state index is -0.367. The summed E-state index contributed by atoms with van der Waals surface area (Å²) in [6, 6.07) is 23.7. The number of hydrogen-bond donors (Lipinski definition) is 1. The summed E-state index contributed by atoms with van der Waals surface area (Å²) in [7, 11) is 0. The Balaban J connectivity index is 1.37. The van der Waals surface area contributed by atoms with E-state index in [1.54, 1.807) is 6.20 Å². The van der Waals surface area contributed by atoms with Crippen LogP contribution < -0.4 is 10.1 Å². The molecule has 3 aromatic rings. The zero-order valence-corrected chi connectivity index (χ0v) is 15.8. The molecule has 4 nitrogen and oxygen atoms in total. The van der Waals surface area contributed by atoms with Crippen molar-refractivity contribution in [2.75, 3.05) is 0 Å². The molecule has 1 aliphatic carbocycles. The molecule has 0 radical (unpaired) electrons. The number of carbonyl (C=O) groups excluding carboxylic acids is 1. The predicted octanol–water partition coefficient (Wildman–Crippen LogP) is 4.40. The van der Waals surface area contributed by atoms with Crippen LogP contribution in [0.25, 0.3) is 0 Å². The van der Waals surface area contributed by atoms with Crippen molar-refractivity contribution in [1.29, 1.82) is 0 Å². The zero-order chi connectivity index (χ0) is 19.2. The molecule has 4 heteroatoms. The maximum atomic E-state index is 13.0. The third-order valence-electron chi connectivity index (χ3n) is 5.43. The first-order chi connectivity index (χ1) is 13.8. The standard InChI is InChI=1S/C24H24N2O2/c27-23(24(13-7-14-24)20-9-2-1-3-10-20)26-17-19-8-6-12-22(16-19)28-18-21-11-4-5-15-25-21/h1-6,8-12,15-16H,7,13-14,17-18H2,(H,26,27). The molecular formula is C24H24N2O2. The molecule has 1 amide bonds. The van der Waals surface area contributed by atoms with Gasteiger partial charge >= 0.3 is 0 Å². The fraction of sp³-hybridized carbons (Fsp3) is 0.250. The van der Waals surface area contributed by atoms with Crippen LogP contribution in [0.15, 0.2) is 79.0 Å². The van der Waals surface area contributed by atoms with Gasteiger partial charge in [0.25, 0.3) is 0 Å². The quantitative estimate of drug-likeness (QED) is 0.669. The normalized spacial score (nSPS) is 14.7. The average molecular weight is 372 g/mol. The number of pyridine rings is 1. The van der Waals surface area contributed by atoms with Gasteiger partial charge in [-0.05, 0) is 48.2 Å². The number of benzene rings is 2. The van der Waals surface area contributed by atoms with E-state index in [0.717, 1.165) is 41.8 Å². The second-order valence-electron chi connectivity index (χ2n) is 7.24. The number of hydrogen-bond acceptors (Lipinski definition) is 3. The van der Waals surface area contributed by atoms with E-state index in [0.29, 0.717) is 13.2 Å². The fourth-order valence-corrected chi connectivity index (χ4v) is 3.67. The number of nitrogens with zero attached hydrogens (tertiary/aromatic N) is 1. The monoisotopic (exact) mass is 372 g/mol. The van der Waals surface area contributed by atoms with E-state index in [4.69, 9.17) is 4.74 Å². The highest BCUT2D eigenvalue weighted by molar-refractivity contribution is 5.89. The Morgan fingerprint density at radius 3 is 2.54 bits per heavy atom. The molecule has 1 fully saturated rings. The van der Waals surface area contributed by atoms with Gasteiger partial charge in [0.1, 0.15) is 12.4 Å². The summed E-state index contributed by atoms with van der Waals surface area (Å²) in [5.74, 6) is 0.892. The SMILES string of the molecule is O=C(NCc1cccc(OCc2ccccn2)c1)C1(c2ccccc2)CCC1. The van der Waals surface area contributed by atoms with Crippen molar-refractivity contribution in [3.8, 4) is 5.75 Å². The lowest BCUT2D eigenvalue weighted by Gasteiger charge is -2.40. The van der Waals surface area contributed by atoms with Crippen LogP contribution in [-0.4, -0.2) is 10.9 Å². The van der Waals surface area contributed by atoms with Crippen LogP contribution in [0.3, 0.4) is 0 Å². The predicted molar refractivity (Wildman–Crippen MR) is 109 cm³/mol. The van der Waals surface area contributed by atoms with Crippen LogP contribution in [0.1, 0.15) is 36.1 Å². The van der Waals surface area contributed by atoms with Gasteiger partial charge in [-0.1, -0.05) is 55.0 Å². The van der Waals surface area contributed by atoms with Crippen molar-refractivity contribution in [1.82, 2.24) is 10.3 Å². The molecule has 28 heavy (non-hydrogen) atoms. The Kier molecular flexibility index (Phi) is 5.38. The van der Waals surface area contributed by atoms with Gasteiger partial charge in [-0.2, -0.15) is 0 Å². The molecule has 1 aliphatic rings. The molecule has 0 unspecified atom stereocenters. The number of nitrogens with one attached hydrogen (secondary N) is 1. The molecule has 1 saturated carbocycles. The molecule has 0 aliphatic heterocycles. The topological polar surface area (TPSA) is 51.2 Å². The lowest BCUT2D eigenvalue weighted by Crippen LogP contribution is -2.48. The van der Waals surface area contributed by atoms with Crippen molar-refractivity contribution in [2.45, 2.75) is 37.8 Å². The second-order valence-corrected chi connectivity index (χ2v) is 7.24. The Bertz CT molecular complexity index is 922. The van der Waals surface area contributed by atoms with Crippen molar-refractivity contribution in [3.05, 3.63) is 95.8 Å². The van der Waals surface area contributed by atoms with Gasteiger partial charge in [0.15, 0.2) is 0 Å². The highest BCUT2D eigenvalue weighted by atomic mass is 16.5. The third-order valence-corrected chi connectivity index (χ3v) is 5.43. The van der Waals surface area contributed by atoms with Gasteiger partial charge in [0.05, 0.1) is 11.1 Å². The molecular weight excluding hydrogens is 348 g/mol. The molecule has 0 spiro atoms. The summed E-state index contributed by atoms with van der Waals surface area (Å²) in [6.07, 6.45) is 4.68. The van der Waals surface area contributed by atoms with E-state index in [2.05, 4.69) is 22.4 Å². The van der Waals surface area contributed by atoms with Crippen molar-refractivity contribution in [2.24, 2.45) is 0 Å². The van der Waals surface area contributed by atoms with Crippen LogP contribution >= 0.6 is 0 Å². The summed E-state index contributed by atoms with van der Waals surface area (Å²) >= 11 is 0. The van der Waals surface area contributed by atoms with E-state index in [9.17, 15) is 4.79 Å². The molecule has 1 N–H and O–H groups in total. The minimum absolute atomic E-state index is 0.116.